The summed E-state index contributed by atoms with van der Waals surface area (Å²) in [6.45, 7) is 4.14. The van der Waals surface area contributed by atoms with Crippen LogP contribution < -0.4 is 5.32 Å². The molecule has 2 aromatic rings. The van der Waals surface area contributed by atoms with Crippen molar-refractivity contribution in [1.82, 2.24) is 24.9 Å². The average Bonchev–Trinajstić information content (AvgIpc) is 3.25. The third-order valence-corrected chi connectivity index (χ3v) is 4.16. The van der Waals surface area contributed by atoms with Crippen molar-refractivity contribution in [2.24, 2.45) is 18.9 Å². The number of aryl methyl sites for hydroxylation is 1. The van der Waals surface area contributed by atoms with Crippen LogP contribution in [0.5, 0.6) is 0 Å². The molecule has 3 rings (SSSR count). The van der Waals surface area contributed by atoms with E-state index in [4.69, 9.17) is 4.74 Å². The van der Waals surface area contributed by atoms with E-state index in [1.807, 2.05) is 30.2 Å². The molecule has 7 nitrogen and oxygen atoms in total. The Morgan fingerprint density at radius 2 is 2.39 bits per heavy atom. The summed E-state index contributed by atoms with van der Waals surface area (Å²) in [7, 11) is 1.87. The number of nitrogens with zero attached hydrogens (tertiary/aromatic N) is 4. The molecule has 0 radical (unpaired) electrons. The molecule has 1 saturated heterocycles. The number of ether oxygens (including phenoxy) is 1. The highest BCUT2D eigenvalue weighted by Crippen LogP contribution is 2.34. The second-order valence-electron chi connectivity index (χ2n) is 6.21. The molecule has 7 heteroatoms. The Morgan fingerprint density at radius 3 is 3.09 bits per heavy atom. The number of carbonyl (C=O) groups is 1. The van der Waals surface area contributed by atoms with Gasteiger partial charge in [-0.25, -0.2) is 0 Å². The number of hydrogen-bond donors (Lipinski definition) is 1. The highest BCUT2D eigenvalue weighted by molar-refractivity contribution is 5.79. The normalized spacial score (nSPS) is 22.2. The van der Waals surface area contributed by atoms with E-state index in [0.717, 1.165) is 18.5 Å². The van der Waals surface area contributed by atoms with Gasteiger partial charge in [0.15, 0.2) is 0 Å². The number of amides is 1. The minimum absolute atomic E-state index is 0.0590. The first kappa shape index (κ1) is 15.7. The molecule has 0 spiro atoms. The Balaban J connectivity index is 1.53. The fourth-order valence-corrected chi connectivity index (χ4v) is 2.97. The van der Waals surface area contributed by atoms with E-state index in [-0.39, 0.29) is 17.9 Å². The van der Waals surface area contributed by atoms with Gasteiger partial charge in [0.2, 0.25) is 5.91 Å². The van der Waals surface area contributed by atoms with E-state index in [2.05, 4.69) is 22.4 Å². The summed E-state index contributed by atoms with van der Waals surface area (Å²) in [5.74, 6) is 0.234. The summed E-state index contributed by atoms with van der Waals surface area (Å²) in [6, 6.07) is 1.90. The lowest BCUT2D eigenvalue weighted by Gasteiger charge is -2.19. The van der Waals surface area contributed by atoms with Crippen molar-refractivity contribution in [1.29, 1.82) is 0 Å². The molecule has 1 fully saturated rings. The zero-order valence-corrected chi connectivity index (χ0v) is 13.6. The molecule has 0 saturated carbocycles. The van der Waals surface area contributed by atoms with Gasteiger partial charge >= 0.3 is 0 Å². The first-order valence-electron chi connectivity index (χ1n) is 7.99. The van der Waals surface area contributed by atoms with E-state index in [1.54, 1.807) is 17.1 Å². The maximum absolute atomic E-state index is 12.5. The molecule has 0 aliphatic carbocycles. The summed E-state index contributed by atoms with van der Waals surface area (Å²) in [5.41, 5.74) is 0.967. The Labute approximate surface area is 135 Å². The van der Waals surface area contributed by atoms with Gasteiger partial charge in [-0.1, -0.05) is 6.92 Å². The lowest BCUT2D eigenvalue weighted by molar-refractivity contribution is -0.127. The van der Waals surface area contributed by atoms with Gasteiger partial charge in [-0.15, -0.1) is 0 Å². The molecular formula is C16H23N5O2. The van der Waals surface area contributed by atoms with Crippen LogP contribution in [-0.4, -0.2) is 38.6 Å². The third kappa shape index (κ3) is 3.79. The van der Waals surface area contributed by atoms with E-state index in [0.29, 0.717) is 19.1 Å². The maximum Gasteiger partial charge on any atom is 0.226 e. The number of rotatable bonds is 6. The minimum Gasteiger partial charge on any atom is -0.373 e. The number of nitrogens with one attached hydrogen (secondary N) is 1. The van der Waals surface area contributed by atoms with E-state index in [1.165, 1.54) is 0 Å². The first-order chi connectivity index (χ1) is 11.1. The maximum atomic E-state index is 12.5. The predicted octanol–water partition coefficient (Wildman–Crippen LogP) is 1.15. The van der Waals surface area contributed by atoms with Crippen LogP contribution in [0.1, 0.15) is 25.0 Å². The number of aromatic nitrogens is 4. The Kier molecular flexibility index (Phi) is 4.76. The molecule has 0 aromatic carbocycles. The van der Waals surface area contributed by atoms with Gasteiger partial charge in [0.25, 0.3) is 0 Å². The highest BCUT2D eigenvalue weighted by Gasteiger charge is 2.35. The predicted molar refractivity (Wildman–Crippen MR) is 84.4 cm³/mol. The number of carbonyl (C=O) groups excluding carboxylic acids is 1. The van der Waals surface area contributed by atoms with Gasteiger partial charge in [-0.05, 0) is 18.4 Å². The minimum atomic E-state index is -0.190. The van der Waals surface area contributed by atoms with E-state index < -0.39 is 0 Å². The molecule has 1 amide bonds. The van der Waals surface area contributed by atoms with Crippen LogP contribution in [0.15, 0.2) is 30.9 Å². The van der Waals surface area contributed by atoms with Crippen molar-refractivity contribution < 1.29 is 9.53 Å². The Morgan fingerprint density at radius 1 is 1.52 bits per heavy atom. The van der Waals surface area contributed by atoms with Gasteiger partial charge in [-0.2, -0.15) is 10.2 Å². The Hall–Kier alpha value is -2.15. The van der Waals surface area contributed by atoms with Gasteiger partial charge in [0.05, 0.1) is 18.2 Å². The first-order valence-corrected chi connectivity index (χ1v) is 7.99. The standard InChI is InChI=1S/C16H23N5O2/c1-12(10-21-6-3-5-18-21)8-17-16(22)14-4-7-23-15(14)13-9-19-20(2)11-13/h3,5-6,9,11-12,14-15H,4,7-8,10H2,1-2H3,(H,17,22)/t12?,14-,15+/m0/s1. The van der Waals surface area contributed by atoms with E-state index >= 15 is 0 Å². The van der Waals surface area contributed by atoms with Crippen LogP contribution in [0.4, 0.5) is 0 Å². The second kappa shape index (κ2) is 6.95. The van der Waals surface area contributed by atoms with Crippen LogP contribution in [0, 0.1) is 11.8 Å². The zero-order valence-electron chi connectivity index (χ0n) is 13.6. The molecule has 1 unspecified atom stereocenters. The molecule has 1 N–H and O–H groups in total. The van der Waals surface area contributed by atoms with Crippen molar-refractivity contribution in [2.45, 2.75) is 26.0 Å². The van der Waals surface area contributed by atoms with E-state index in [9.17, 15) is 4.79 Å². The third-order valence-electron chi connectivity index (χ3n) is 4.16. The van der Waals surface area contributed by atoms with Crippen LogP contribution in [0.25, 0.3) is 0 Å². The molecule has 23 heavy (non-hydrogen) atoms. The molecule has 1 aliphatic rings. The molecular weight excluding hydrogens is 294 g/mol. The smallest absolute Gasteiger partial charge is 0.226 e. The topological polar surface area (TPSA) is 74.0 Å². The van der Waals surface area contributed by atoms with Crippen molar-refractivity contribution in [3.05, 3.63) is 36.4 Å². The summed E-state index contributed by atoms with van der Waals surface area (Å²) >= 11 is 0. The monoisotopic (exact) mass is 317 g/mol. The van der Waals surface area contributed by atoms with Crippen molar-refractivity contribution in [3.8, 4) is 0 Å². The second-order valence-corrected chi connectivity index (χ2v) is 6.21. The summed E-state index contributed by atoms with van der Waals surface area (Å²) in [5, 5.41) is 11.4. The van der Waals surface area contributed by atoms with Crippen molar-refractivity contribution in [3.63, 3.8) is 0 Å². The molecule has 0 bridgehead atoms. The zero-order chi connectivity index (χ0) is 16.2. The van der Waals surface area contributed by atoms with Crippen molar-refractivity contribution in [2.75, 3.05) is 13.2 Å². The average molecular weight is 317 g/mol. The largest absolute Gasteiger partial charge is 0.373 e. The molecule has 2 aromatic heterocycles. The van der Waals surface area contributed by atoms with Crippen LogP contribution in [0.3, 0.4) is 0 Å². The summed E-state index contributed by atoms with van der Waals surface area (Å²) in [4.78, 5) is 12.5. The molecule has 124 valence electrons. The van der Waals surface area contributed by atoms with Gasteiger partial charge < -0.3 is 10.1 Å². The fourth-order valence-electron chi connectivity index (χ4n) is 2.97. The van der Waals surface area contributed by atoms with Crippen LogP contribution >= 0.6 is 0 Å². The Bertz CT molecular complexity index is 637. The SMILES string of the molecule is CC(CNC(=O)[C@H]1CCO[C@@H]1c1cnn(C)c1)Cn1cccn1. The van der Waals surface area contributed by atoms with Crippen LogP contribution in [0.2, 0.25) is 0 Å². The number of hydrogen-bond acceptors (Lipinski definition) is 4. The quantitative estimate of drug-likeness (QED) is 0.867. The summed E-state index contributed by atoms with van der Waals surface area (Å²) in [6.07, 6.45) is 7.94. The van der Waals surface area contributed by atoms with Gasteiger partial charge in [0, 0.05) is 50.9 Å². The van der Waals surface area contributed by atoms with Gasteiger partial charge in [-0.3, -0.25) is 14.2 Å². The molecule has 3 atom stereocenters. The van der Waals surface area contributed by atoms with Gasteiger partial charge in [0.1, 0.15) is 0 Å². The lowest BCUT2D eigenvalue weighted by Crippen LogP contribution is -2.36. The van der Waals surface area contributed by atoms with Crippen LogP contribution in [-0.2, 0) is 23.1 Å². The molecule has 3 heterocycles. The molecule has 1 aliphatic heterocycles. The van der Waals surface area contributed by atoms with Crippen molar-refractivity contribution >= 4 is 5.91 Å². The fraction of sp³-hybridized carbons (Fsp3) is 0.562. The highest BCUT2D eigenvalue weighted by atomic mass is 16.5. The summed E-state index contributed by atoms with van der Waals surface area (Å²) < 4.78 is 9.37. The lowest BCUT2D eigenvalue weighted by atomic mass is 9.96.